The minimum atomic E-state index is -0.492. The summed E-state index contributed by atoms with van der Waals surface area (Å²) >= 11 is 0. The summed E-state index contributed by atoms with van der Waals surface area (Å²) in [4.78, 5) is 12.3. The van der Waals surface area contributed by atoms with Crippen LogP contribution >= 0.6 is 0 Å². The molecule has 2 aromatic rings. The number of hydrogen-bond donors (Lipinski definition) is 2. The van der Waals surface area contributed by atoms with E-state index < -0.39 is 5.91 Å². The zero-order chi connectivity index (χ0) is 17.5. The van der Waals surface area contributed by atoms with Gasteiger partial charge in [0.05, 0.1) is 6.61 Å². The van der Waals surface area contributed by atoms with Crippen molar-refractivity contribution in [3.63, 3.8) is 0 Å². The van der Waals surface area contributed by atoms with Crippen molar-refractivity contribution in [1.82, 2.24) is 0 Å². The van der Waals surface area contributed by atoms with Gasteiger partial charge in [0.15, 0.2) is 11.5 Å². The molecule has 2 rings (SSSR count). The van der Waals surface area contributed by atoms with Gasteiger partial charge in [0.25, 0.3) is 5.91 Å². The van der Waals surface area contributed by atoms with E-state index in [0.29, 0.717) is 23.6 Å². The second kappa shape index (κ2) is 7.84. The minimum absolute atomic E-state index is 0.0109. The smallest absolute Gasteiger partial charge is 0.266 e. The molecule has 1 amide bonds. The van der Waals surface area contributed by atoms with Crippen LogP contribution in [0.3, 0.4) is 0 Å². The maximum absolute atomic E-state index is 12.3. The van der Waals surface area contributed by atoms with Crippen molar-refractivity contribution in [2.75, 3.05) is 11.9 Å². The number of ether oxygens (including phenoxy) is 1. The van der Waals surface area contributed by atoms with Gasteiger partial charge in [-0.15, -0.1) is 0 Å². The quantitative estimate of drug-likeness (QED) is 0.650. The first kappa shape index (κ1) is 17.1. The van der Waals surface area contributed by atoms with E-state index in [1.54, 1.807) is 25.1 Å². The molecule has 0 radical (unpaired) electrons. The zero-order valence-electron chi connectivity index (χ0n) is 13.5. The van der Waals surface area contributed by atoms with E-state index in [1.165, 1.54) is 12.1 Å². The lowest BCUT2D eigenvalue weighted by Gasteiger charge is -2.07. The maximum Gasteiger partial charge on any atom is 0.266 e. The number of hydrogen-bond acceptors (Lipinski definition) is 4. The number of aromatic hydroxyl groups is 1. The highest BCUT2D eigenvalue weighted by Gasteiger charge is 2.10. The molecule has 5 heteroatoms. The summed E-state index contributed by atoms with van der Waals surface area (Å²) in [5, 5.41) is 21.7. The van der Waals surface area contributed by atoms with Gasteiger partial charge in [-0.05, 0) is 55.3 Å². The SMILES string of the molecule is CCOc1cc(C=C(C#N)C(=O)Nc2cccc(C)c2)ccc1O. The molecule has 0 atom stereocenters. The molecule has 0 aliphatic heterocycles. The Bertz CT molecular complexity index is 820. The Labute approximate surface area is 140 Å². The van der Waals surface area contributed by atoms with Crippen molar-refractivity contribution in [3.8, 4) is 17.6 Å². The molecule has 0 fully saturated rings. The average molecular weight is 322 g/mol. The Morgan fingerprint density at radius 1 is 1.33 bits per heavy atom. The average Bonchev–Trinajstić information content (AvgIpc) is 2.55. The molecule has 0 bridgehead atoms. The Kier molecular flexibility index (Phi) is 5.58. The fourth-order valence-corrected chi connectivity index (χ4v) is 2.13. The van der Waals surface area contributed by atoms with E-state index in [1.807, 2.05) is 31.2 Å². The van der Waals surface area contributed by atoms with Crippen molar-refractivity contribution in [1.29, 1.82) is 5.26 Å². The number of nitrogens with zero attached hydrogens (tertiary/aromatic N) is 1. The first-order chi connectivity index (χ1) is 11.5. The highest BCUT2D eigenvalue weighted by atomic mass is 16.5. The summed E-state index contributed by atoms with van der Waals surface area (Å²) in [6.07, 6.45) is 1.45. The zero-order valence-corrected chi connectivity index (χ0v) is 13.5. The summed E-state index contributed by atoms with van der Waals surface area (Å²) in [7, 11) is 0. The van der Waals surface area contributed by atoms with Gasteiger partial charge in [-0.3, -0.25) is 4.79 Å². The van der Waals surface area contributed by atoms with Crippen molar-refractivity contribution in [2.24, 2.45) is 0 Å². The van der Waals surface area contributed by atoms with Crippen molar-refractivity contribution in [3.05, 3.63) is 59.2 Å². The molecule has 0 saturated heterocycles. The molecule has 0 spiro atoms. The van der Waals surface area contributed by atoms with E-state index >= 15 is 0 Å². The minimum Gasteiger partial charge on any atom is -0.504 e. The van der Waals surface area contributed by atoms with Gasteiger partial charge in [0, 0.05) is 5.69 Å². The number of phenols is 1. The van der Waals surface area contributed by atoms with Crippen LogP contribution in [0.4, 0.5) is 5.69 Å². The van der Waals surface area contributed by atoms with E-state index in [9.17, 15) is 15.2 Å². The Hall–Kier alpha value is -3.26. The number of phenolic OH excluding ortho intramolecular Hbond substituents is 1. The highest BCUT2D eigenvalue weighted by molar-refractivity contribution is 6.09. The standard InChI is InChI=1S/C19H18N2O3/c1-3-24-18-11-14(7-8-17(18)22)10-15(12-20)19(23)21-16-6-4-5-13(2)9-16/h4-11,22H,3H2,1-2H3,(H,21,23). The molecule has 0 aromatic heterocycles. The first-order valence-corrected chi connectivity index (χ1v) is 7.49. The Morgan fingerprint density at radius 2 is 2.12 bits per heavy atom. The predicted molar refractivity (Wildman–Crippen MR) is 92.7 cm³/mol. The number of carbonyl (C=O) groups excluding carboxylic acids is 1. The van der Waals surface area contributed by atoms with Crippen LogP contribution < -0.4 is 10.1 Å². The number of benzene rings is 2. The molecule has 122 valence electrons. The summed E-state index contributed by atoms with van der Waals surface area (Å²) in [6, 6.07) is 13.9. The van der Waals surface area contributed by atoms with Gasteiger partial charge in [-0.1, -0.05) is 18.2 Å². The number of aryl methyl sites for hydroxylation is 1. The lowest BCUT2D eigenvalue weighted by atomic mass is 10.1. The summed E-state index contributed by atoms with van der Waals surface area (Å²) in [6.45, 7) is 4.13. The van der Waals surface area contributed by atoms with Crippen LogP contribution in [0.2, 0.25) is 0 Å². The van der Waals surface area contributed by atoms with Gasteiger partial charge >= 0.3 is 0 Å². The molecule has 2 aromatic carbocycles. The molecule has 24 heavy (non-hydrogen) atoms. The second-order valence-electron chi connectivity index (χ2n) is 5.15. The fourth-order valence-electron chi connectivity index (χ4n) is 2.13. The van der Waals surface area contributed by atoms with E-state index in [2.05, 4.69) is 5.32 Å². The lowest BCUT2D eigenvalue weighted by Crippen LogP contribution is -2.13. The largest absolute Gasteiger partial charge is 0.504 e. The molecule has 0 aliphatic rings. The van der Waals surface area contributed by atoms with Crippen LogP contribution in [-0.2, 0) is 4.79 Å². The van der Waals surface area contributed by atoms with Crippen LogP contribution in [0.25, 0.3) is 6.08 Å². The second-order valence-corrected chi connectivity index (χ2v) is 5.15. The van der Waals surface area contributed by atoms with Gasteiger partial charge in [-0.25, -0.2) is 0 Å². The van der Waals surface area contributed by atoms with Gasteiger partial charge in [0.2, 0.25) is 0 Å². The number of nitriles is 1. The molecule has 0 heterocycles. The molecule has 0 unspecified atom stereocenters. The first-order valence-electron chi connectivity index (χ1n) is 7.49. The lowest BCUT2D eigenvalue weighted by molar-refractivity contribution is -0.112. The molecular formula is C19H18N2O3. The third kappa shape index (κ3) is 4.37. The van der Waals surface area contributed by atoms with E-state index in [4.69, 9.17) is 4.74 Å². The normalized spacial score (nSPS) is 10.8. The van der Waals surface area contributed by atoms with Crippen LogP contribution in [0.5, 0.6) is 11.5 Å². The number of nitrogens with one attached hydrogen (secondary N) is 1. The topological polar surface area (TPSA) is 82.3 Å². The molecule has 0 aliphatic carbocycles. The summed E-state index contributed by atoms with van der Waals surface area (Å²) < 4.78 is 5.30. The molecular weight excluding hydrogens is 304 g/mol. The van der Waals surface area contributed by atoms with Gasteiger partial charge in [0.1, 0.15) is 11.6 Å². The van der Waals surface area contributed by atoms with Gasteiger partial charge < -0.3 is 15.2 Å². The number of amides is 1. The third-order valence-electron chi connectivity index (χ3n) is 3.24. The maximum atomic E-state index is 12.3. The fraction of sp³-hybridized carbons (Fsp3) is 0.158. The van der Waals surface area contributed by atoms with E-state index in [-0.39, 0.29) is 11.3 Å². The number of carbonyl (C=O) groups is 1. The van der Waals surface area contributed by atoms with Crippen molar-refractivity contribution < 1.29 is 14.6 Å². The van der Waals surface area contributed by atoms with Crippen LogP contribution in [0, 0.1) is 18.3 Å². The van der Waals surface area contributed by atoms with Crippen molar-refractivity contribution in [2.45, 2.75) is 13.8 Å². The Balaban J connectivity index is 2.24. The number of anilines is 1. The van der Waals surface area contributed by atoms with Gasteiger partial charge in [-0.2, -0.15) is 5.26 Å². The molecule has 2 N–H and O–H groups in total. The van der Waals surface area contributed by atoms with Crippen LogP contribution in [0.1, 0.15) is 18.1 Å². The summed E-state index contributed by atoms with van der Waals surface area (Å²) in [5.41, 5.74) is 2.19. The molecule has 0 saturated carbocycles. The predicted octanol–water partition coefficient (Wildman–Crippen LogP) is 3.65. The highest BCUT2D eigenvalue weighted by Crippen LogP contribution is 2.27. The van der Waals surface area contributed by atoms with Crippen LogP contribution in [0.15, 0.2) is 48.0 Å². The number of rotatable bonds is 5. The van der Waals surface area contributed by atoms with E-state index in [0.717, 1.165) is 5.56 Å². The Morgan fingerprint density at radius 3 is 2.79 bits per heavy atom. The molecule has 5 nitrogen and oxygen atoms in total. The summed E-state index contributed by atoms with van der Waals surface area (Å²) in [5.74, 6) is -0.173. The monoisotopic (exact) mass is 322 g/mol. The third-order valence-corrected chi connectivity index (χ3v) is 3.24. The van der Waals surface area contributed by atoms with Crippen molar-refractivity contribution >= 4 is 17.7 Å². The van der Waals surface area contributed by atoms with Crippen LogP contribution in [-0.4, -0.2) is 17.6 Å².